The molecule has 1 aromatic heterocycles. The van der Waals surface area contributed by atoms with Gasteiger partial charge in [-0.3, -0.25) is 14.5 Å². The molecule has 2 amide bonds. The predicted octanol–water partition coefficient (Wildman–Crippen LogP) is 3.25. The first-order valence-corrected chi connectivity index (χ1v) is 12.7. The molecule has 0 bridgehead atoms. The van der Waals surface area contributed by atoms with Gasteiger partial charge in [-0.1, -0.05) is 6.07 Å². The fraction of sp³-hybridized carbons (Fsp3) is 0.519. The van der Waals surface area contributed by atoms with Gasteiger partial charge in [-0.15, -0.1) is 0 Å². The minimum atomic E-state index is -4.55. The molecule has 0 spiro atoms. The number of methoxy groups -OCH3 is 1. The molecule has 38 heavy (non-hydrogen) atoms. The van der Waals surface area contributed by atoms with Crippen LogP contribution in [0.15, 0.2) is 42.6 Å². The van der Waals surface area contributed by atoms with E-state index in [0.29, 0.717) is 25.3 Å². The maximum absolute atomic E-state index is 12.9. The molecule has 2 atom stereocenters. The normalized spacial score (nSPS) is 26.1. The van der Waals surface area contributed by atoms with Gasteiger partial charge in [-0.05, 0) is 63.3 Å². The van der Waals surface area contributed by atoms with Crippen LogP contribution >= 0.6 is 0 Å². The first kappa shape index (κ1) is 27.8. The van der Waals surface area contributed by atoms with Crippen LogP contribution in [0.3, 0.4) is 0 Å². The molecule has 0 radical (unpaired) electrons. The lowest BCUT2D eigenvalue weighted by atomic mass is 9.77. The third-order valence-electron chi connectivity index (χ3n) is 7.58. The van der Waals surface area contributed by atoms with Crippen molar-refractivity contribution < 1.29 is 32.6 Å². The summed E-state index contributed by atoms with van der Waals surface area (Å²) < 4.78 is 43.8. The SMILES string of the molecule is COc1ccc(C2(O)CCC(N3C[C@H](NC(=O)CNC(=O)c4cccc(C(F)(F)F)c4)C[C@@H]3C)CC2)cn1. The van der Waals surface area contributed by atoms with Crippen LogP contribution in [0.25, 0.3) is 0 Å². The largest absolute Gasteiger partial charge is 0.481 e. The Balaban J connectivity index is 1.25. The number of halogens is 3. The fourth-order valence-electron chi connectivity index (χ4n) is 5.52. The quantitative estimate of drug-likeness (QED) is 0.504. The number of alkyl halides is 3. The Morgan fingerprint density at radius 3 is 2.58 bits per heavy atom. The van der Waals surface area contributed by atoms with Crippen LogP contribution < -0.4 is 15.4 Å². The van der Waals surface area contributed by atoms with Gasteiger partial charge in [0.15, 0.2) is 0 Å². The number of benzene rings is 1. The van der Waals surface area contributed by atoms with Crippen molar-refractivity contribution in [3.63, 3.8) is 0 Å². The molecular weight excluding hydrogens is 501 g/mol. The summed E-state index contributed by atoms with van der Waals surface area (Å²) in [6.45, 7) is 2.43. The number of aliphatic hydroxyl groups is 1. The molecule has 3 N–H and O–H groups in total. The third-order valence-corrected chi connectivity index (χ3v) is 7.58. The van der Waals surface area contributed by atoms with E-state index in [1.807, 2.05) is 6.07 Å². The highest BCUT2D eigenvalue weighted by molar-refractivity contribution is 5.96. The van der Waals surface area contributed by atoms with Crippen LogP contribution in [0.2, 0.25) is 0 Å². The minimum Gasteiger partial charge on any atom is -0.481 e. The molecule has 11 heteroatoms. The summed E-state index contributed by atoms with van der Waals surface area (Å²) >= 11 is 0. The van der Waals surface area contributed by atoms with Crippen LogP contribution in [0.4, 0.5) is 13.2 Å². The van der Waals surface area contributed by atoms with Crippen molar-refractivity contribution in [2.45, 2.75) is 68.9 Å². The summed E-state index contributed by atoms with van der Waals surface area (Å²) in [6.07, 6.45) is 0.677. The van der Waals surface area contributed by atoms with Crippen molar-refractivity contribution in [2.75, 3.05) is 20.2 Å². The van der Waals surface area contributed by atoms with E-state index >= 15 is 0 Å². The number of nitrogens with zero attached hydrogens (tertiary/aromatic N) is 2. The number of pyridine rings is 1. The Kier molecular flexibility index (Phi) is 8.27. The Bertz CT molecular complexity index is 1130. The summed E-state index contributed by atoms with van der Waals surface area (Å²) in [5.74, 6) is -0.635. The summed E-state index contributed by atoms with van der Waals surface area (Å²) in [6, 6.07) is 8.09. The molecule has 8 nitrogen and oxygen atoms in total. The summed E-state index contributed by atoms with van der Waals surface area (Å²) in [5.41, 5.74) is -1.22. The monoisotopic (exact) mass is 534 g/mol. The molecule has 0 unspecified atom stereocenters. The van der Waals surface area contributed by atoms with Crippen LogP contribution in [0, 0.1) is 0 Å². The first-order valence-electron chi connectivity index (χ1n) is 12.7. The summed E-state index contributed by atoms with van der Waals surface area (Å²) in [5, 5.41) is 16.5. The molecule has 1 saturated heterocycles. The highest BCUT2D eigenvalue weighted by Crippen LogP contribution is 2.40. The van der Waals surface area contributed by atoms with E-state index in [0.717, 1.165) is 43.0 Å². The molecule has 1 aromatic carbocycles. The van der Waals surface area contributed by atoms with Gasteiger partial charge in [0.05, 0.1) is 24.8 Å². The summed E-state index contributed by atoms with van der Waals surface area (Å²) in [4.78, 5) is 31.3. The number of nitrogens with one attached hydrogen (secondary N) is 2. The predicted molar refractivity (Wildman–Crippen MR) is 133 cm³/mol. The number of rotatable bonds is 7. The van der Waals surface area contributed by atoms with Gasteiger partial charge < -0.3 is 20.5 Å². The van der Waals surface area contributed by atoms with Gasteiger partial charge in [0, 0.05) is 48.1 Å². The maximum atomic E-state index is 12.9. The lowest BCUT2D eigenvalue weighted by molar-refractivity contribution is -0.137. The lowest BCUT2D eigenvalue weighted by Gasteiger charge is -2.41. The van der Waals surface area contributed by atoms with Crippen molar-refractivity contribution in [3.8, 4) is 5.88 Å². The Morgan fingerprint density at radius 1 is 1.21 bits per heavy atom. The highest BCUT2D eigenvalue weighted by atomic mass is 19.4. The molecule has 206 valence electrons. The van der Waals surface area contributed by atoms with Gasteiger partial charge >= 0.3 is 6.18 Å². The standard InChI is InChI=1S/C27H33F3N4O4/c1-17-12-21(33-23(35)15-32-25(36)18-4-3-5-19(13-18)27(28,29)30)16-34(17)22-8-10-26(37,11-9-22)20-6-7-24(38-2)31-14-20/h3-7,13-14,17,21-22,37H,8-12,15-16H2,1-2H3,(H,32,36)(H,33,35)/t17-,21+,22?,26?/m0/s1. The highest BCUT2D eigenvalue weighted by Gasteiger charge is 2.41. The van der Waals surface area contributed by atoms with Crippen LogP contribution in [0.5, 0.6) is 5.88 Å². The maximum Gasteiger partial charge on any atom is 0.416 e. The van der Waals surface area contributed by atoms with E-state index < -0.39 is 29.2 Å². The number of hydrogen-bond acceptors (Lipinski definition) is 6. The zero-order valence-corrected chi connectivity index (χ0v) is 21.4. The molecule has 2 aliphatic rings. The van der Waals surface area contributed by atoms with Gasteiger partial charge in [0.2, 0.25) is 11.8 Å². The Morgan fingerprint density at radius 2 is 1.95 bits per heavy atom. The second-order valence-corrected chi connectivity index (χ2v) is 10.2. The number of likely N-dealkylation sites (tertiary alicyclic amines) is 1. The van der Waals surface area contributed by atoms with E-state index in [1.54, 1.807) is 19.4 Å². The summed E-state index contributed by atoms with van der Waals surface area (Å²) in [7, 11) is 1.55. The number of carbonyl (C=O) groups excluding carboxylic acids is 2. The molecule has 2 aromatic rings. The van der Waals surface area contributed by atoms with Crippen LogP contribution in [-0.2, 0) is 16.6 Å². The Hall–Kier alpha value is -3.18. The van der Waals surface area contributed by atoms with Crippen LogP contribution in [-0.4, -0.2) is 65.1 Å². The van der Waals surface area contributed by atoms with Crippen molar-refractivity contribution in [1.82, 2.24) is 20.5 Å². The number of ether oxygens (including phenoxy) is 1. The molecule has 1 aliphatic carbocycles. The first-order chi connectivity index (χ1) is 18.0. The second kappa shape index (κ2) is 11.3. The smallest absolute Gasteiger partial charge is 0.416 e. The molecule has 4 rings (SSSR count). The van der Waals surface area contributed by atoms with Crippen molar-refractivity contribution in [2.24, 2.45) is 0 Å². The van der Waals surface area contributed by atoms with Gasteiger partial charge in [-0.2, -0.15) is 13.2 Å². The topological polar surface area (TPSA) is 104 Å². The van der Waals surface area contributed by atoms with E-state index in [9.17, 15) is 27.9 Å². The second-order valence-electron chi connectivity index (χ2n) is 10.2. The average molecular weight is 535 g/mol. The van der Waals surface area contributed by atoms with Crippen molar-refractivity contribution >= 4 is 11.8 Å². The van der Waals surface area contributed by atoms with Crippen molar-refractivity contribution in [3.05, 3.63) is 59.3 Å². The molecule has 1 saturated carbocycles. The zero-order chi connectivity index (χ0) is 27.5. The molecule has 2 fully saturated rings. The molecule has 1 aliphatic heterocycles. The Labute approximate surface area is 219 Å². The van der Waals surface area contributed by atoms with Gasteiger partial charge in [0.25, 0.3) is 5.91 Å². The van der Waals surface area contributed by atoms with E-state index in [4.69, 9.17) is 4.74 Å². The third kappa shape index (κ3) is 6.44. The molecular formula is C27H33F3N4O4. The lowest BCUT2D eigenvalue weighted by Crippen LogP contribution is -2.46. The minimum absolute atomic E-state index is 0.102. The fourth-order valence-corrected chi connectivity index (χ4v) is 5.52. The van der Waals surface area contributed by atoms with E-state index in [2.05, 4.69) is 27.4 Å². The zero-order valence-electron chi connectivity index (χ0n) is 21.4. The van der Waals surface area contributed by atoms with E-state index in [-0.39, 0.29) is 30.2 Å². The van der Waals surface area contributed by atoms with Gasteiger partial charge in [-0.25, -0.2) is 4.98 Å². The van der Waals surface area contributed by atoms with Crippen molar-refractivity contribution in [1.29, 1.82) is 0 Å². The number of hydrogen-bond donors (Lipinski definition) is 3. The average Bonchev–Trinajstić information content (AvgIpc) is 3.26. The van der Waals surface area contributed by atoms with E-state index in [1.165, 1.54) is 6.07 Å². The molecule has 2 heterocycles. The number of amides is 2. The number of carbonyl (C=O) groups is 2. The number of aromatic nitrogens is 1. The van der Waals surface area contributed by atoms with Gasteiger partial charge in [0.1, 0.15) is 0 Å². The van der Waals surface area contributed by atoms with Crippen LogP contribution in [0.1, 0.15) is 60.5 Å².